The van der Waals surface area contributed by atoms with Crippen LogP contribution in [-0.2, 0) is 14.3 Å². The molecule has 2 rings (SSSR count). The molecule has 0 fully saturated rings. The Hall–Kier alpha value is -3.08. The molecule has 0 aromatic heterocycles. The number of carbonyl (C=O) groups excluding carboxylic acids is 2. The van der Waals surface area contributed by atoms with Crippen molar-refractivity contribution in [3.63, 3.8) is 0 Å². The predicted molar refractivity (Wildman–Crippen MR) is 90.9 cm³/mol. The predicted octanol–water partition coefficient (Wildman–Crippen LogP) is 2.31. The molecule has 0 amide bonds. The number of Topliss-reactive ketones (excluding diaryl/α,β-unsaturated/α-hetero) is 1. The highest BCUT2D eigenvalue weighted by Crippen LogP contribution is 2.32. The van der Waals surface area contributed by atoms with E-state index in [9.17, 15) is 14.7 Å². The number of aliphatic hydroxyl groups excluding tert-OH is 1. The van der Waals surface area contributed by atoms with Crippen LogP contribution >= 0.6 is 0 Å². The van der Waals surface area contributed by atoms with Crippen LogP contribution in [0.1, 0.15) is 30.1 Å². The largest absolute Gasteiger partial charge is 0.457 e. The average Bonchev–Trinajstić information content (AvgIpc) is 2.64. The van der Waals surface area contributed by atoms with Gasteiger partial charge in [-0.2, -0.15) is 4.79 Å². The van der Waals surface area contributed by atoms with Gasteiger partial charge in [-0.1, -0.05) is 60.7 Å². The number of rotatable bonds is 7. The smallest absolute Gasteiger partial charge is 0.442 e. The first-order valence-corrected chi connectivity index (χ1v) is 7.81. The number of esters is 1. The molecule has 2 aromatic rings. The zero-order valence-electron chi connectivity index (χ0n) is 13.7. The van der Waals surface area contributed by atoms with Crippen molar-refractivity contribution in [3.05, 3.63) is 77.3 Å². The third-order valence-corrected chi connectivity index (χ3v) is 3.70. The summed E-state index contributed by atoms with van der Waals surface area (Å²) in [7, 11) is 0. The molecule has 0 aliphatic rings. The minimum atomic E-state index is -1.22. The summed E-state index contributed by atoms with van der Waals surface area (Å²) in [6, 6.07) is 17.1. The van der Waals surface area contributed by atoms with Crippen LogP contribution in [0, 0.1) is 0 Å². The molecule has 0 unspecified atom stereocenters. The van der Waals surface area contributed by atoms with E-state index < -0.39 is 29.5 Å². The molecule has 0 radical (unpaired) electrons. The van der Waals surface area contributed by atoms with Crippen LogP contribution in [0.3, 0.4) is 0 Å². The van der Waals surface area contributed by atoms with Gasteiger partial charge in [-0.3, -0.25) is 4.79 Å². The van der Waals surface area contributed by atoms with Crippen molar-refractivity contribution in [1.82, 2.24) is 0 Å². The molecule has 0 spiro atoms. The Morgan fingerprint density at radius 2 is 1.56 bits per heavy atom. The van der Waals surface area contributed by atoms with E-state index in [1.165, 1.54) is 0 Å². The van der Waals surface area contributed by atoms with Crippen LogP contribution in [0.15, 0.2) is 60.7 Å². The summed E-state index contributed by atoms with van der Waals surface area (Å²) in [5.74, 6) is -2.96. The van der Waals surface area contributed by atoms with Gasteiger partial charge in [0.1, 0.15) is 0 Å². The molecule has 1 N–H and O–H groups in total. The molecular formula is C19H18N2O4. The molecule has 6 heteroatoms. The fourth-order valence-electron chi connectivity index (χ4n) is 2.52. The van der Waals surface area contributed by atoms with E-state index in [0.29, 0.717) is 11.1 Å². The maximum Gasteiger partial charge on any atom is 0.442 e. The second kappa shape index (κ2) is 8.68. The number of ketones is 1. The Balaban J connectivity index is 2.47. The average molecular weight is 338 g/mol. The summed E-state index contributed by atoms with van der Waals surface area (Å²) in [5, 5.41) is 10.8. The minimum Gasteiger partial charge on any atom is -0.457 e. The van der Waals surface area contributed by atoms with Gasteiger partial charge in [0.25, 0.3) is 5.78 Å². The number of benzene rings is 2. The molecule has 25 heavy (non-hydrogen) atoms. The van der Waals surface area contributed by atoms with Gasteiger partial charge in [0.2, 0.25) is 0 Å². The van der Waals surface area contributed by atoms with Crippen molar-refractivity contribution < 1.29 is 24.2 Å². The molecule has 2 atom stereocenters. The van der Waals surface area contributed by atoms with Crippen molar-refractivity contribution in [3.8, 4) is 0 Å². The number of ether oxygens (including phenoxy) is 1. The summed E-state index contributed by atoms with van der Waals surface area (Å²) in [4.78, 5) is 27.6. The lowest BCUT2D eigenvalue weighted by atomic mass is 9.84. The van der Waals surface area contributed by atoms with E-state index in [0.717, 1.165) is 0 Å². The SMILES string of the molecule is CCOC(=O)C(=[N+]=[N-])C(=O)[C@H](c1ccccc1)[C@H](O)c1ccccc1. The Kier molecular flexibility index (Phi) is 6.34. The fourth-order valence-corrected chi connectivity index (χ4v) is 2.52. The van der Waals surface area contributed by atoms with Gasteiger partial charge in [0.05, 0.1) is 18.6 Å². The number of aliphatic hydroxyl groups is 1. The number of carbonyl (C=O) groups is 2. The summed E-state index contributed by atoms with van der Waals surface area (Å²) in [6.07, 6.45) is -1.22. The molecule has 0 aliphatic heterocycles. The fraction of sp³-hybridized carbons (Fsp3) is 0.211. The quantitative estimate of drug-likeness (QED) is 0.275. The maximum atomic E-state index is 12.9. The van der Waals surface area contributed by atoms with Crippen molar-refractivity contribution in [2.45, 2.75) is 18.9 Å². The Morgan fingerprint density at radius 3 is 2.04 bits per heavy atom. The van der Waals surface area contributed by atoms with E-state index >= 15 is 0 Å². The zero-order valence-corrected chi connectivity index (χ0v) is 13.7. The summed E-state index contributed by atoms with van der Waals surface area (Å²) < 4.78 is 4.76. The molecule has 0 heterocycles. The molecular weight excluding hydrogens is 320 g/mol. The summed E-state index contributed by atoms with van der Waals surface area (Å²) >= 11 is 0. The van der Waals surface area contributed by atoms with Crippen LogP contribution in [0.25, 0.3) is 5.53 Å². The van der Waals surface area contributed by atoms with Crippen LogP contribution in [0.4, 0.5) is 0 Å². The van der Waals surface area contributed by atoms with Crippen molar-refractivity contribution >= 4 is 17.5 Å². The maximum absolute atomic E-state index is 12.9. The third kappa shape index (κ3) is 4.26. The summed E-state index contributed by atoms with van der Waals surface area (Å²) in [6.45, 7) is 1.60. The van der Waals surface area contributed by atoms with Crippen LogP contribution in [0.2, 0.25) is 0 Å². The van der Waals surface area contributed by atoms with E-state index in [1.807, 2.05) is 0 Å². The molecule has 6 nitrogen and oxygen atoms in total. The number of nitrogens with zero attached hydrogens (tertiary/aromatic N) is 2. The summed E-state index contributed by atoms with van der Waals surface area (Å²) in [5.41, 5.74) is 9.38. The number of hydrogen-bond acceptors (Lipinski definition) is 4. The van der Waals surface area contributed by atoms with Crippen LogP contribution in [0.5, 0.6) is 0 Å². The highest BCUT2D eigenvalue weighted by atomic mass is 16.5. The van der Waals surface area contributed by atoms with E-state index in [1.54, 1.807) is 67.6 Å². The lowest BCUT2D eigenvalue weighted by Gasteiger charge is -2.21. The van der Waals surface area contributed by atoms with Gasteiger partial charge >= 0.3 is 11.7 Å². The molecule has 0 bridgehead atoms. The molecule has 0 aliphatic carbocycles. The second-order valence-corrected chi connectivity index (χ2v) is 5.28. The molecule has 2 aromatic carbocycles. The van der Waals surface area contributed by atoms with Crippen LogP contribution < -0.4 is 0 Å². The van der Waals surface area contributed by atoms with Crippen molar-refractivity contribution in [1.29, 1.82) is 0 Å². The topological polar surface area (TPSA) is 100 Å². The van der Waals surface area contributed by atoms with E-state index in [2.05, 4.69) is 4.79 Å². The Morgan fingerprint density at radius 1 is 1.04 bits per heavy atom. The van der Waals surface area contributed by atoms with E-state index in [4.69, 9.17) is 10.3 Å². The zero-order chi connectivity index (χ0) is 18.2. The van der Waals surface area contributed by atoms with E-state index in [-0.39, 0.29) is 6.61 Å². The second-order valence-electron chi connectivity index (χ2n) is 5.28. The first-order chi connectivity index (χ1) is 12.1. The monoisotopic (exact) mass is 338 g/mol. The van der Waals surface area contributed by atoms with Gasteiger partial charge in [-0.05, 0) is 18.1 Å². The Labute approximate surface area is 145 Å². The van der Waals surface area contributed by atoms with Crippen molar-refractivity contribution in [2.75, 3.05) is 6.61 Å². The highest BCUT2D eigenvalue weighted by molar-refractivity contribution is 6.63. The minimum absolute atomic E-state index is 0.0301. The first kappa shape index (κ1) is 18.3. The lowest BCUT2D eigenvalue weighted by molar-refractivity contribution is -0.142. The lowest BCUT2D eigenvalue weighted by Crippen LogP contribution is -2.34. The molecule has 128 valence electrons. The standard InChI is InChI=1S/C19H18N2O4/c1-2-25-19(24)16(21-20)18(23)15(13-9-5-3-6-10-13)17(22)14-11-7-4-8-12-14/h3-12,15,17,22H,2H2,1H3/t15-,17-/m1/s1. The van der Waals surface area contributed by atoms with Gasteiger partial charge in [-0.25, -0.2) is 4.79 Å². The third-order valence-electron chi connectivity index (χ3n) is 3.70. The van der Waals surface area contributed by atoms with Crippen molar-refractivity contribution in [2.24, 2.45) is 0 Å². The van der Waals surface area contributed by atoms with Gasteiger partial charge < -0.3 is 15.4 Å². The van der Waals surface area contributed by atoms with Gasteiger partial charge in [0.15, 0.2) is 0 Å². The van der Waals surface area contributed by atoms with Gasteiger partial charge in [0, 0.05) is 0 Å². The molecule has 0 saturated carbocycles. The van der Waals surface area contributed by atoms with Gasteiger partial charge in [-0.15, -0.1) is 0 Å². The Bertz CT molecular complexity index is 784. The molecule has 0 saturated heterocycles. The highest BCUT2D eigenvalue weighted by Gasteiger charge is 2.41. The first-order valence-electron chi connectivity index (χ1n) is 7.81. The normalized spacial score (nSPS) is 12.6. The van der Waals surface area contributed by atoms with Crippen LogP contribution in [-0.4, -0.2) is 34.0 Å². The number of hydrogen-bond donors (Lipinski definition) is 1.